The molecule has 0 bridgehead atoms. The summed E-state index contributed by atoms with van der Waals surface area (Å²) in [4.78, 5) is 14.2. The summed E-state index contributed by atoms with van der Waals surface area (Å²) in [5.41, 5.74) is 0. The molecular weight excluding hydrogens is 228 g/mol. The van der Waals surface area contributed by atoms with Gasteiger partial charge in [0.1, 0.15) is 0 Å². The molecule has 1 saturated heterocycles. The molecule has 2 fully saturated rings. The maximum absolute atomic E-state index is 12.2. The van der Waals surface area contributed by atoms with Crippen molar-refractivity contribution in [1.82, 2.24) is 10.2 Å². The van der Waals surface area contributed by atoms with Gasteiger partial charge in [-0.2, -0.15) is 0 Å². The van der Waals surface area contributed by atoms with Crippen molar-refractivity contribution in [2.75, 3.05) is 19.7 Å². The maximum Gasteiger partial charge on any atom is 0.317 e. The van der Waals surface area contributed by atoms with E-state index in [0.717, 1.165) is 38.8 Å². The maximum atomic E-state index is 12.2. The van der Waals surface area contributed by atoms with E-state index in [9.17, 15) is 4.79 Å². The normalized spacial score (nSPS) is 24.1. The molecule has 0 radical (unpaired) electrons. The van der Waals surface area contributed by atoms with E-state index < -0.39 is 0 Å². The lowest BCUT2D eigenvalue weighted by Crippen LogP contribution is -2.48. The quantitative estimate of drug-likeness (QED) is 0.763. The second-order valence-corrected chi connectivity index (χ2v) is 5.20. The minimum atomic E-state index is 0.0392. The van der Waals surface area contributed by atoms with Gasteiger partial charge in [0, 0.05) is 25.7 Å². The molecule has 2 amide bonds. The highest BCUT2D eigenvalue weighted by molar-refractivity contribution is 5.74. The Balaban J connectivity index is 1.91. The molecule has 0 spiro atoms. The van der Waals surface area contributed by atoms with Crippen LogP contribution in [0.3, 0.4) is 0 Å². The van der Waals surface area contributed by atoms with Crippen LogP contribution in [0.4, 0.5) is 4.79 Å². The first-order chi connectivity index (χ1) is 8.81. The molecule has 1 aliphatic carbocycles. The molecular formula is C14H24N2O2. The van der Waals surface area contributed by atoms with Crippen molar-refractivity contribution in [3.05, 3.63) is 12.7 Å². The lowest BCUT2D eigenvalue weighted by molar-refractivity contribution is 0.0702. The molecule has 4 nitrogen and oxygen atoms in total. The Morgan fingerprint density at radius 2 is 2.11 bits per heavy atom. The number of nitrogens with zero attached hydrogens (tertiary/aromatic N) is 1. The van der Waals surface area contributed by atoms with Crippen molar-refractivity contribution in [1.29, 1.82) is 0 Å². The number of ether oxygens (including phenoxy) is 1. The molecule has 2 aliphatic rings. The molecule has 4 heteroatoms. The molecule has 0 unspecified atom stereocenters. The van der Waals surface area contributed by atoms with Gasteiger partial charge in [-0.1, -0.05) is 18.9 Å². The predicted octanol–water partition coefficient (Wildman–Crippen LogP) is 2.31. The monoisotopic (exact) mass is 252 g/mol. The second kappa shape index (κ2) is 6.78. The number of rotatable bonds is 5. The molecule has 1 N–H and O–H groups in total. The first-order valence-electron chi connectivity index (χ1n) is 7.08. The number of hydrogen-bond acceptors (Lipinski definition) is 2. The average molecular weight is 252 g/mol. The van der Waals surface area contributed by atoms with E-state index >= 15 is 0 Å². The van der Waals surface area contributed by atoms with Crippen LogP contribution in [0.25, 0.3) is 0 Å². The zero-order valence-corrected chi connectivity index (χ0v) is 11.1. The van der Waals surface area contributed by atoms with E-state index in [1.807, 2.05) is 4.90 Å². The minimum Gasteiger partial charge on any atom is -0.376 e. The molecule has 0 aromatic carbocycles. The number of nitrogens with one attached hydrogen (secondary N) is 1. The number of amides is 2. The van der Waals surface area contributed by atoms with E-state index in [2.05, 4.69) is 11.9 Å². The number of carbonyl (C=O) groups is 1. The van der Waals surface area contributed by atoms with E-state index in [1.54, 1.807) is 6.08 Å². The van der Waals surface area contributed by atoms with Crippen LogP contribution in [0.15, 0.2) is 12.7 Å². The van der Waals surface area contributed by atoms with Crippen LogP contribution in [-0.4, -0.2) is 42.8 Å². The fourth-order valence-electron chi connectivity index (χ4n) is 2.88. The van der Waals surface area contributed by atoms with Crippen LogP contribution in [0.5, 0.6) is 0 Å². The number of carbonyl (C=O) groups excluding carboxylic acids is 1. The van der Waals surface area contributed by atoms with Gasteiger partial charge in [0.15, 0.2) is 0 Å². The topological polar surface area (TPSA) is 41.6 Å². The SMILES string of the molecule is C=CCNC(=O)N(C[C@@H]1CCCO1)C1CCCC1. The van der Waals surface area contributed by atoms with Crippen molar-refractivity contribution in [3.8, 4) is 0 Å². The summed E-state index contributed by atoms with van der Waals surface area (Å²) in [6.45, 7) is 5.76. The Kier molecular flexibility index (Phi) is 5.05. The zero-order valence-electron chi connectivity index (χ0n) is 11.1. The van der Waals surface area contributed by atoms with Gasteiger partial charge >= 0.3 is 6.03 Å². The van der Waals surface area contributed by atoms with Gasteiger partial charge in [0.25, 0.3) is 0 Å². The first-order valence-corrected chi connectivity index (χ1v) is 7.08. The fourth-order valence-corrected chi connectivity index (χ4v) is 2.88. The van der Waals surface area contributed by atoms with Gasteiger partial charge in [0.05, 0.1) is 6.10 Å². The first kappa shape index (κ1) is 13.4. The Hall–Kier alpha value is -1.03. The van der Waals surface area contributed by atoms with Crippen molar-refractivity contribution in [3.63, 3.8) is 0 Å². The predicted molar refractivity (Wildman–Crippen MR) is 71.5 cm³/mol. The summed E-state index contributed by atoms with van der Waals surface area (Å²) in [6.07, 6.45) is 8.90. The Bertz CT molecular complexity index is 282. The standard InChI is InChI=1S/C14H24N2O2/c1-2-9-15-14(17)16(12-6-3-4-7-12)11-13-8-5-10-18-13/h2,12-13H,1,3-11H2,(H,15,17)/t13-/m0/s1. The molecule has 102 valence electrons. The number of hydrogen-bond donors (Lipinski definition) is 1. The van der Waals surface area contributed by atoms with E-state index in [0.29, 0.717) is 12.6 Å². The van der Waals surface area contributed by atoms with Crippen LogP contribution < -0.4 is 5.32 Å². The summed E-state index contributed by atoms with van der Waals surface area (Å²) in [5, 5.41) is 2.90. The smallest absolute Gasteiger partial charge is 0.317 e. The summed E-state index contributed by atoms with van der Waals surface area (Å²) in [5.74, 6) is 0. The Morgan fingerprint density at radius 3 is 2.72 bits per heavy atom. The highest BCUT2D eigenvalue weighted by Crippen LogP contribution is 2.25. The molecule has 2 rings (SSSR count). The van der Waals surface area contributed by atoms with Crippen molar-refractivity contribution in [2.45, 2.75) is 50.7 Å². The van der Waals surface area contributed by atoms with Gasteiger partial charge in [-0.25, -0.2) is 4.79 Å². The third-order valence-corrected chi connectivity index (χ3v) is 3.85. The zero-order chi connectivity index (χ0) is 12.8. The van der Waals surface area contributed by atoms with Gasteiger partial charge in [-0.3, -0.25) is 0 Å². The largest absolute Gasteiger partial charge is 0.376 e. The molecule has 1 aliphatic heterocycles. The summed E-state index contributed by atoms with van der Waals surface area (Å²) >= 11 is 0. The number of urea groups is 1. The molecule has 0 aromatic heterocycles. The second-order valence-electron chi connectivity index (χ2n) is 5.20. The van der Waals surface area contributed by atoms with E-state index in [-0.39, 0.29) is 12.1 Å². The van der Waals surface area contributed by atoms with E-state index in [4.69, 9.17) is 4.74 Å². The summed E-state index contributed by atoms with van der Waals surface area (Å²) in [6, 6.07) is 0.441. The fraction of sp³-hybridized carbons (Fsp3) is 0.786. The molecule has 1 atom stereocenters. The van der Waals surface area contributed by atoms with Crippen molar-refractivity contribution >= 4 is 6.03 Å². The minimum absolute atomic E-state index is 0.0392. The molecule has 1 saturated carbocycles. The van der Waals surface area contributed by atoms with Crippen LogP contribution in [0.1, 0.15) is 38.5 Å². The Labute approximate surface area is 109 Å². The summed E-state index contributed by atoms with van der Waals surface area (Å²) in [7, 11) is 0. The summed E-state index contributed by atoms with van der Waals surface area (Å²) < 4.78 is 5.66. The van der Waals surface area contributed by atoms with E-state index in [1.165, 1.54) is 12.8 Å². The molecule has 1 heterocycles. The third-order valence-electron chi connectivity index (χ3n) is 3.85. The lowest BCUT2D eigenvalue weighted by Gasteiger charge is -2.31. The average Bonchev–Trinajstić information content (AvgIpc) is 3.05. The van der Waals surface area contributed by atoms with Crippen LogP contribution in [-0.2, 0) is 4.74 Å². The van der Waals surface area contributed by atoms with Crippen LogP contribution >= 0.6 is 0 Å². The van der Waals surface area contributed by atoms with Gasteiger partial charge in [-0.05, 0) is 25.7 Å². The van der Waals surface area contributed by atoms with Crippen molar-refractivity contribution < 1.29 is 9.53 Å². The van der Waals surface area contributed by atoms with Crippen molar-refractivity contribution in [2.24, 2.45) is 0 Å². The van der Waals surface area contributed by atoms with Gasteiger partial charge in [-0.15, -0.1) is 6.58 Å². The van der Waals surface area contributed by atoms with Gasteiger partial charge < -0.3 is 15.0 Å². The van der Waals surface area contributed by atoms with Crippen LogP contribution in [0.2, 0.25) is 0 Å². The molecule has 18 heavy (non-hydrogen) atoms. The Morgan fingerprint density at radius 1 is 1.33 bits per heavy atom. The highest BCUT2D eigenvalue weighted by Gasteiger charge is 2.29. The highest BCUT2D eigenvalue weighted by atomic mass is 16.5. The molecule has 0 aromatic rings. The third kappa shape index (κ3) is 3.48. The van der Waals surface area contributed by atoms with Crippen LogP contribution in [0, 0.1) is 0 Å². The van der Waals surface area contributed by atoms with Gasteiger partial charge in [0.2, 0.25) is 0 Å². The lowest BCUT2D eigenvalue weighted by atomic mass is 10.1.